The Morgan fingerprint density at radius 3 is 2.79 bits per heavy atom. The highest BCUT2D eigenvalue weighted by atomic mass is 16.2. The monoisotopic (exact) mass is 469 g/mol. The van der Waals surface area contributed by atoms with Crippen LogP contribution in [0.4, 0.5) is 5.82 Å². The maximum atomic E-state index is 12.2. The van der Waals surface area contributed by atoms with Crippen LogP contribution in [-0.4, -0.2) is 49.9 Å². The van der Waals surface area contributed by atoms with E-state index in [4.69, 9.17) is 11.6 Å². The van der Waals surface area contributed by atoms with E-state index >= 15 is 0 Å². The minimum absolute atomic E-state index is 0.112. The normalized spacial score (nSPS) is 14.6. The maximum Gasteiger partial charge on any atom is 0.268 e. The highest BCUT2D eigenvalue weighted by Gasteiger charge is 2.15. The number of hydrogen-bond donors (Lipinski definition) is 4. The molecule has 0 bridgehead atoms. The Balaban J connectivity index is 1.31. The highest BCUT2D eigenvalue weighted by molar-refractivity contribution is 5.92. The molecule has 0 aromatic carbocycles. The summed E-state index contributed by atoms with van der Waals surface area (Å²) in [5.74, 6) is 6.44. The molecule has 184 valence electrons. The Morgan fingerprint density at radius 2 is 2.03 bits per heavy atom. The summed E-state index contributed by atoms with van der Waals surface area (Å²) in [5.41, 5.74) is 6.69. The zero-order chi connectivity index (χ0) is 24.2. The molecule has 11 nitrogen and oxygen atoms in total. The third-order valence-corrected chi connectivity index (χ3v) is 5.77. The van der Waals surface area contributed by atoms with Gasteiger partial charge in [-0.3, -0.25) is 19.3 Å². The third-order valence-electron chi connectivity index (χ3n) is 5.77. The summed E-state index contributed by atoms with van der Waals surface area (Å²) in [7, 11) is 0. The maximum absolute atomic E-state index is 12.2. The van der Waals surface area contributed by atoms with Gasteiger partial charge in [-0.1, -0.05) is 30.5 Å². The predicted octanol–water partition coefficient (Wildman–Crippen LogP) is 1.31. The molecule has 3 rings (SSSR count). The van der Waals surface area contributed by atoms with Crippen LogP contribution in [0.1, 0.15) is 50.6 Å². The van der Waals surface area contributed by atoms with Crippen molar-refractivity contribution in [3.05, 3.63) is 48.2 Å². The number of hydrazine groups is 1. The van der Waals surface area contributed by atoms with Crippen molar-refractivity contribution in [2.75, 3.05) is 18.4 Å². The Labute approximate surface area is 199 Å². The van der Waals surface area contributed by atoms with Crippen molar-refractivity contribution in [3.8, 4) is 0 Å². The van der Waals surface area contributed by atoms with E-state index in [0.29, 0.717) is 37.1 Å². The van der Waals surface area contributed by atoms with Crippen LogP contribution < -0.4 is 22.2 Å². The molecule has 2 aromatic heterocycles. The molecule has 2 aromatic rings. The van der Waals surface area contributed by atoms with Crippen LogP contribution in [-0.2, 0) is 22.6 Å². The van der Waals surface area contributed by atoms with Crippen molar-refractivity contribution < 1.29 is 9.59 Å². The summed E-state index contributed by atoms with van der Waals surface area (Å²) in [4.78, 5) is 28.4. The molecule has 2 heterocycles. The fourth-order valence-electron chi connectivity index (χ4n) is 3.92. The summed E-state index contributed by atoms with van der Waals surface area (Å²) in [5, 5.41) is 15.1. The van der Waals surface area contributed by atoms with E-state index in [-0.39, 0.29) is 23.9 Å². The van der Waals surface area contributed by atoms with Crippen molar-refractivity contribution in [2.24, 2.45) is 17.5 Å². The van der Waals surface area contributed by atoms with Gasteiger partial charge in [0.1, 0.15) is 5.70 Å². The first kappa shape index (κ1) is 25.2. The second-order valence-electron chi connectivity index (χ2n) is 8.66. The number of aromatic nitrogens is 4. The van der Waals surface area contributed by atoms with E-state index in [1.54, 1.807) is 29.2 Å². The number of carbonyl (C=O) groups excluding carboxylic acids is 2. The van der Waals surface area contributed by atoms with E-state index in [1.165, 1.54) is 30.5 Å². The second-order valence-corrected chi connectivity index (χ2v) is 8.66. The average molecular weight is 470 g/mol. The zero-order valence-corrected chi connectivity index (χ0v) is 19.5. The third kappa shape index (κ3) is 8.81. The lowest BCUT2D eigenvalue weighted by molar-refractivity contribution is -0.118. The molecule has 1 aliphatic rings. The standard InChI is InChI=1S/C23H35N9O2/c24-20(23(34)27-15-18-8-2-1-3-9-18)16-31(25)12-6-7-13-32-17-21(29-30-32)28-22(33)14-19-10-4-5-11-26-19/h4-5,10-11,16-18H,1-3,6-9,12-15,24-25H2,(H,27,34)(H,28,33)/b20-16-. The van der Waals surface area contributed by atoms with Crippen LogP contribution in [0.15, 0.2) is 42.5 Å². The Bertz CT molecular complexity index is 939. The SMILES string of the molecule is N/C(=C\N(N)CCCCn1cc(NC(=O)Cc2ccccn2)nn1)C(=O)NCC1CCCCC1. The second kappa shape index (κ2) is 13.3. The molecular weight excluding hydrogens is 434 g/mol. The predicted molar refractivity (Wildman–Crippen MR) is 129 cm³/mol. The highest BCUT2D eigenvalue weighted by Crippen LogP contribution is 2.22. The number of unbranched alkanes of at least 4 members (excludes halogenated alkanes) is 1. The lowest BCUT2D eigenvalue weighted by atomic mass is 9.89. The van der Waals surface area contributed by atoms with Gasteiger partial charge in [0.15, 0.2) is 5.82 Å². The van der Waals surface area contributed by atoms with E-state index < -0.39 is 0 Å². The summed E-state index contributed by atoms with van der Waals surface area (Å²) in [6.45, 7) is 1.83. The molecule has 0 atom stereocenters. The molecule has 0 saturated heterocycles. The van der Waals surface area contributed by atoms with E-state index in [0.717, 1.165) is 25.7 Å². The fraction of sp³-hybridized carbons (Fsp3) is 0.522. The molecule has 1 saturated carbocycles. The molecule has 0 spiro atoms. The number of pyridine rings is 1. The molecule has 2 amide bonds. The molecule has 0 radical (unpaired) electrons. The van der Waals surface area contributed by atoms with E-state index in [2.05, 4.69) is 25.9 Å². The Morgan fingerprint density at radius 1 is 1.21 bits per heavy atom. The fourth-order valence-corrected chi connectivity index (χ4v) is 3.92. The molecule has 11 heteroatoms. The summed E-state index contributed by atoms with van der Waals surface area (Å²) in [6, 6.07) is 5.44. The van der Waals surface area contributed by atoms with Gasteiger partial charge in [0.2, 0.25) is 5.91 Å². The number of rotatable bonds is 12. The van der Waals surface area contributed by atoms with Gasteiger partial charge in [-0.2, -0.15) is 0 Å². The number of nitrogens with two attached hydrogens (primary N) is 2. The molecular formula is C23H35N9O2. The molecule has 1 fully saturated rings. The van der Waals surface area contributed by atoms with E-state index in [1.807, 2.05) is 6.07 Å². The van der Waals surface area contributed by atoms with Crippen molar-refractivity contribution in [1.82, 2.24) is 30.3 Å². The number of carbonyl (C=O) groups is 2. The van der Waals surface area contributed by atoms with Crippen LogP contribution in [0.25, 0.3) is 0 Å². The molecule has 6 N–H and O–H groups in total. The van der Waals surface area contributed by atoms with Crippen LogP contribution in [0, 0.1) is 5.92 Å². The number of aryl methyl sites for hydroxylation is 1. The molecule has 0 unspecified atom stereocenters. The first-order chi connectivity index (χ1) is 16.5. The van der Waals surface area contributed by atoms with Crippen LogP contribution >= 0.6 is 0 Å². The van der Waals surface area contributed by atoms with Gasteiger partial charge in [-0.05, 0) is 43.7 Å². The lowest BCUT2D eigenvalue weighted by Gasteiger charge is -2.22. The van der Waals surface area contributed by atoms with Crippen molar-refractivity contribution in [3.63, 3.8) is 0 Å². The summed E-state index contributed by atoms with van der Waals surface area (Å²) < 4.78 is 1.67. The zero-order valence-electron chi connectivity index (χ0n) is 19.5. The lowest BCUT2D eigenvalue weighted by Crippen LogP contribution is -2.36. The average Bonchev–Trinajstić information content (AvgIpc) is 3.28. The molecule has 1 aliphatic carbocycles. The minimum atomic E-state index is -0.277. The van der Waals surface area contributed by atoms with Gasteiger partial charge in [-0.25, -0.2) is 5.84 Å². The molecule has 0 aliphatic heterocycles. The van der Waals surface area contributed by atoms with Crippen LogP contribution in [0.5, 0.6) is 0 Å². The number of amides is 2. The largest absolute Gasteiger partial charge is 0.393 e. The number of nitrogens with zero attached hydrogens (tertiary/aromatic N) is 5. The van der Waals surface area contributed by atoms with Gasteiger partial charge >= 0.3 is 0 Å². The summed E-state index contributed by atoms with van der Waals surface area (Å²) in [6.07, 6.45) is 12.6. The summed E-state index contributed by atoms with van der Waals surface area (Å²) >= 11 is 0. The van der Waals surface area contributed by atoms with Gasteiger partial charge in [-0.15, -0.1) is 5.10 Å². The first-order valence-electron chi connectivity index (χ1n) is 11.9. The number of anilines is 1. The van der Waals surface area contributed by atoms with Crippen molar-refractivity contribution >= 4 is 17.6 Å². The minimum Gasteiger partial charge on any atom is -0.393 e. The van der Waals surface area contributed by atoms with Gasteiger partial charge in [0.05, 0.1) is 12.6 Å². The first-order valence-corrected chi connectivity index (χ1v) is 11.9. The van der Waals surface area contributed by atoms with Gasteiger partial charge in [0, 0.05) is 37.7 Å². The van der Waals surface area contributed by atoms with Gasteiger partial charge < -0.3 is 21.4 Å². The molecule has 34 heavy (non-hydrogen) atoms. The van der Waals surface area contributed by atoms with Gasteiger partial charge in [0.25, 0.3) is 5.91 Å². The number of nitrogens with one attached hydrogen (secondary N) is 2. The topological polar surface area (TPSA) is 157 Å². The quantitative estimate of drug-likeness (QED) is 0.157. The smallest absolute Gasteiger partial charge is 0.268 e. The van der Waals surface area contributed by atoms with E-state index in [9.17, 15) is 9.59 Å². The van der Waals surface area contributed by atoms with Crippen LogP contribution in [0.2, 0.25) is 0 Å². The van der Waals surface area contributed by atoms with Crippen molar-refractivity contribution in [1.29, 1.82) is 0 Å². The Kier molecular flexibility index (Phi) is 9.83. The van der Waals surface area contributed by atoms with Crippen LogP contribution in [0.3, 0.4) is 0 Å². The number of hydrogen-bond acceptors (Lipinski definition) is 8. The van der Waals surface area contributed by atoms with Crippen molar-refractivity contribution in [2.45, 2.75) is 57.9 Å². The Hall–Kier alpha value is -3.47.